The van der Waals surface area contributed by atoms with Gasteiger partial charge >= 0.3 is 0 Å². The van der Waals surface area contributed by atoms with E-state index in [0.29, 0.717) is 5.92 Å². The van der Waals surface area contributed by atoms with Crippen LogP contribution in [0.25, 0.3) is 0 Å². The fraction of sp³-hybridized carbons (Fsp3) is 0.471. The van der Waals surface area contributed by atoms with Crippen LogP contribution in [0.3, 0.4) is 0 Å². The monoisotopic (exact) mass is 271 g/mol. The van der Waals surface area contributed by atoms with Crippen LogP contribution in [0.2, 0.25) is 0 Å². The topological polar surface area (TPSA) is 29.9 Å². The second-order valence-electron chi connectivity index (χ2n) is 5.90. The average molecular weight is 271 g/mol. The van der Waals surface area contributed by atoms with Crippen LogP contribution in [0, 0.1) is 12.8 Å². The van der Waals surface area contributed by atoms with Crippen molar-refractivity contribution in [3.8, 4) is 0 Å². The first kappa shape index (κ1) is 14.8. The molecule has 0 amide bonds. The Labute approximate surface area is 122 Å². The third kappa shape index (κ3) is 3.28. The Bertz CT molecular complexity index is 569. The molecule has 1 aromatic carbocycles. The van der Waals surface area contributed by atoms with E-state index < -0.39 is 0 Å². The Kier molecular flexibility index (Phi) is 4.61. The van der Waals surface area contributed by atoms with Gasteiger partial charge in [0.05, 0.1) is 17.4 Å². The van der Waals surface area contributed by atoms with E-state index in [1.54, 1.807) is 0 Å². The van der Waals surface area contributed by atoms with Gasteiger partial charge in [0, 0.05) is 7.05 Å². The molecular formula is C17H25N3. The number of nitrogens with one attached hydrogen (secondary N) is 1. The Morgan fingerprint density at radius 2 is 2.00 bits per heavy atom. The maximum atomic E-state index is 4.45. The van der Waals surface area contributed by atoms with Gasteiger partial charge in [-0.3, -0.25) is 4.68 Å². The highest BCUT2D eigenvalue weighted by molar-refractivity contribution is 5.32. The van der Waals surface area contributed by atoms with Gasteiger partial charge in [0.25, 0.3) is 0 Å². The van der Waals surface area contributed by atoms with E-state index >= 15 is 0 Å². The number of nitrogens with zero attached hydrogens (tertiary/aromatic N) is 2. The lowest BCUT2D eigenvalue weighted by atomic mass is 9.97. The molecule has 2 aromatic rings. The molecule has 20 heavy (non-hydrogen) atoms. The lowest BCUT2D eigenvalue weighted by molar-refractivity contribution is 0.602. The van der Waals surface area contributed by atoms with Crippen molar-refractivity contribution in [1.29, 1.82) is 0 Å². The zero-order chi connectivity index (χ0) is 14.7. The summed E-state index contributed by atoms with van der Waals surface area (Å²) in [5.74, 6) is 0.678. The predicted molar refractivity (Wildman–Crippen MR) is 83.8 cm³/mol. The first-order chi connectivity index (χ1) is 9.51. The zero-order valence-electron chi connectivity index (χ0n) is 13.1. The van der Waals surface area contributed by atoms with E-state index in [2.05, 4.69) is 54.6 Å². The summed E-state index contributed by atoms with van der Waals surface area (Å²) in [4.78, 5) is 0. The SMILES string of the molecule is CNC(c1cccc(CC(C)C)c1)c1cc(C)nn1C. The number of aromatic nitrogens is 2. The normalized spacial score (nSPS) is 12.9. The molecule has 0 aliphatic heterocycles. The molecule has 2 rings (SSSR count). The minimum absolute atomic E-state index is 0.188. The maximum Gasteiger partial charge on any atom is 0.0745 e. The van der Waals surface area contributed by atoms with E-state index in [-0.39, 0.29) is 6.04 Å². The van der Waals surface area contributed by atoms with Gasteiger partial charge in [-0.2, -0.15) is 5.10 Å². The van der Waals surface area contributed by atoms with Gasteiger partial charge in [0.1, 0.15) is 0 Å². The van der Waals surface area contributed by atoms with Crippen LogP contribution in [0.4, 0.5) is 0 Å². The highest BCUT2D eigenvalue weighted by Gasteiger charge is 2.16. The Hall–Kier alpha value is -1.61. The van der Waals surface area contributed by atoms with Gasteiger partial charge in [0.15, 0.2) is 0 Å². The number of hydrogen-bond acceptors (Lipinski definition) is 2. The van der Waals surface area contributed by atoms with Crippen molar-refractivity contribution in [2.75, 3.05) is 7.05 Å². The molecule has 0 saturated heterocycles. The molecule has 1 heterocycles. The summed E-state index contributed by atoms with van der Waals surface area (Å²) in [6, 6.07) is 11.2. The molecule has 0 bridgehead atoms. The molecule has 0 spiro atoms. The molecule has 0 saturated carbocycles. The van der Waals surface area contributed by atoms with E-state index in [0.717, 1.165) is 12.1 Å². The second-order valence-corrected chi connectivity index (χ2v) is 5.90. The molecule has 0 aliphatic rings. The van der Waals surface area contributed by atoms with Gasteiger partial charge in [0.2, 0.25) is 0 Å². The molecule has 3 nitrogen and oxygen atoms in total. The van der Waals surface area contributed by atoms with E-state index in [1.807, 2.05) is 25.7 Å². The third-order valence-electron chi connectivity index (χ3n) is 3.55. The van der Waals surface area contributed by atoms with Gasteiger partial charge in [-0.05, 0) is 43.5 Å². The van der Waals surface area contributed by atoms with Crippen LogP contribution in [-0.4, -0.2) is 16.8 Å². The average Bonchev–Trinajstić information content (AvgIpc) is 2.69. The van der Waals surface area contributed by atoms with Crippen molar-refractivity contribution in [3.05, 3.63) is 52.8 Å². The van der Waals surface area contributed by atoms with Crippen LogP contribution in [0.1, 0.15) is 42.4 Å². The number of aryl methyl sites for hydroxylation is 2. The van der Waals surface area contributed by atoms with E-state index in [1.165, 1.54) is 16.8 Å². The first-order valence-electron chi connectivity index (χ1n) is 7.28. The van der Waals surface area contributed by atoms with Crippen LogP contribution in [0.15, 0.2) is 30.3 Å². The van der Waals surface area contributed by atoms with Crippen LogP contribution < -0.4 is 5.32 Å². The molecule has 1 aromatic heterocycles. The number of rotatable bonds is 5. The van der Waals surface area contributed by atoms with E-state index in [9.17, 15) is 0 Å². The lowest BCUT2D eigenvalue weighted by Gasteiger charge is -2.18. The van der Waals surface area contributed by atoms with Gasteiger partial charge < -0.3 is 5.32 Å². The minimum Gasteiger partial charge on any atom is -0.308 e. The van der Waals surface area contributed by atoms with Crippen molar-refractivity contribution in [3.63, 3.8) is 0 Å². The molecule has 0 radical (unpaired) electrons. The summed E-state index contributed by atoms with van der Waals surface area (Å²) in [5.41, 5.74) is 4.96. The predicted octanol–water partition coefficient (Wildman–Crippen LogP) is 3.24. The van der Waals surface area contributed by atoms with Crippen LogP contribution in [0.5, 0.6) is 0 Å². The summed E-state index contributed by atoms with van der Waals surface area (Å²) in [5, 5.41) is 7.86. The maximum absolute atomic E-state index is 4.45. The molecule has 0 aliphatic carbocycles. The number of benzene rings is 1. The summed E-state index contributed by atoms with van der Waals surface area (Å²) in [6.07, 6.45) is 1.12. The highest BCUT2D eigenvalue weighted by Crippen LogP contribution is 2.23. The summed E-state index contributed by atoms with van der Waals surface area (Å²) < 4.78 is 1.96. The Balaban J connectivity index is 2.34. The van der Waals surface area contributed by atoms with Crippen molar-refractivity contribution in [2.45, 2.75) is 33.2 Å². The van der Waals surface area contributed by atoms with Crippen molar-refractivity contribution in [2.24, 2.45) is 13.0 Å². The Morgan fingerprint density at radius 3 is 2.55 bits per heavy atom. The van der Waals surface area contributed by atoms with Crippen molar-refractivity contribution < 1.29 is 0 Å². The molecule has 1 atom stereocenters. The van der Waals surface area contributed by atoms with Gasteiger partial charge in [-0.1, -0.05) is 38.1 Å². The molecule has 0 fully saturated rings. The van der Waals surface area contributed by atoms with Gasteiger partial charge in [-0.15, -0.1) is 0 Å². The lowest BCUT2D eigenvalue weighted by Crippen LogP contribution is -2.20. The molecule has 3 heteroatoms. The largest absolute Gasteiger partial charge is 0.308 e. The molecule has 1 unspecified atom stereocenters. The molecule has 108 valence electrons. The fourth-order valence-corrected chi connectivity index (χ4v) is 2.76. The quantitative estimate of drug-likeness (QED) is 0.905. The van der Waals surface area contributed by atoms with Crippen LogP contribution >= 0.6 is 0 Å². The number of hydrogen-bond donors (Lipinski definition) is 1. The Morgan fingerprint density at radius 1 is 1.25 bits per heavy atom. The van der Waals surface area contributed by atoms with Crippen molar-refractivity contribution >= 4 is 0 Å². The third-order valence-corrected chi connectivity index (χ3v) is 3.55. The highest BCUT2D eigenvalue weighted by atomic mass is 15.3. The molecule has 1 N–H and O–H groups in total. The van der Waals surface area contributed by atoms with Gasteiger partial charge in [-0.25, -0.2) is 0 Å². The first-order valence-corrected chi connectivity index (χ1v) is 7.28. The summed E-state index contributed by atoms with van der Waals surface area (Å²) >= 11 is 0. The molecular weight excluding hydrogens is 246 g/mol. The smallest absolute Gasteiger partial charge is 0.0745 e. The second kappa shape index (κ2) is 6.23. The fourth-order valence-electron chi connectivity index (χ4n) is 2.76. The summed E-state index contributed by atoms with van der Waals surface area (Å²) in [7, 11) is 4.01. The van der Waals surface area contributed by atoms with E-state index in [4.69, 9.17) is 0 Å². The van der Waals surface area contributed by atoms with Crippen LogP contribution in [-0.2, 0) is 13.5 Å². The van der Waals surface area contributed by atoms with Crippen molar-refractivity contribution in [1.82, 2.24) is 15.1 Å². The zero-order valence-corrected chi connectivity index (χ0v) is 13.1. The minimum atomic E-state index is 0.188. The standard InChI is InChI=1S/C17H25N3/c1-12(2)9-14-7-6-8-15(11-14)17(18-4)16-10-13(3)19-20(16)5/h6-8,10-12,17-18H,9H2,1-5H3. The summed E-state index contributed by atoms with van der Waals surface area (Å²) in [6.45, 7) is 6.55.